The minimum Gasteiger partial charge on any atom is -0.369 e. The number of likely N-dealkylation sites (tertiary alicyclic amines) is 1. The van der Waals surface area contributed by atoms with Gasteiger partial charge in [-0.3, -0.25) is 4.79 Å². The first-order chi connectivity index (χ1) is 8.91. The van der Waals surface area contributed by atoms with E-state index in [4.69, 9.17) is 10.5 Å². The summed E-state index contributed by atoms with van der Waals surface area (Å²) in [4.78, 5) is 14.2. The van der Waals surface area contributed by atoms with Crippen LogP contribution in [0.2, 0.25) is 0 Å². The highest BCUT2D eigenvalue weighted by atomic mass is 16.5. The van der Waals surface area contributed by atoms with Crippen LogP contribution in [0.5, 0.6) is 0 Å². The van der Waals surface area contributed by atoms with Crippen LogP contribution >= 0.6 is 0 Å². The van der Waals surface area contributed by atoms with Gasteiger partial charge in [0.05, 0.1) is 0 Å². The average molecular weight is 270 g/mol. The molecule has 0 spiro atoms. The summed E-state index contributed by atoms with van der Waals surface area (Å²) in [6.45, 7) is 10.5. The number of nitrogens with zero attached hydrogens (tertiary/aromatic N) is 1. The van der Waals surface area contributed by atoms with E-state index in [1.807, 2.05) is 18.7 Å². The zero-order chi connectivity index (χ0) is 14.4. The molecule has 1 heterocycles. The van der Waals surface area contributed by atoms with Crippen molar-refractivity contribution in [3.63, 3.8) is 0 Å². The lowest BCUT2D eigenvalue weighted by Crippen LogP contribution is -2.48. The van der Waals surface area contributed by atoms with Crippen molar-refractivity contribution in [2.45, 2.75) is 59.1 Å². The molecule has 0 aromatic heterocycles. The maximum Gasteiger partial charge on any atom is 0.251 e. The number of hydrogen-bond donors (Lipinski definition) is 1. The number of carbonyl (C=O) groups excluding carboxylic acids is 1. The Morgan fingerprint density at radius 1 is 1.37 bits per heavy atom. The van der Waals surface area contributed by atoms with Crippen molar-refractivity contribution < 1.29 is 9.53 Å². The minimum atomic E-state index is -0.328. The molecular weight excluding hydrogens is 240 g/mol. The third-order valence-electron chi connectivity index (χ3n) is 3.92. The van der Waals surface area contributed by atoms with Crippen LogP contribution in [-0.4, -0.2) is 42.6 Å². The number of rotatable bonds is 6. The van der Waals surface area contributed by atoms with Crippen molar-refractivity contribution in [2.24, 2.45) is 17.6 Å². The van der Waals surface area contributed by atoms with Crippen molar-refractivity contribution in [3.05, 3.63) is 0 Å². The van der Waals surface area contributed by atoms with Gasteiger partial charge < -0.3 is 15.4 Å². The van der Waals surface area contributed by atoms with Crippen molar-refractivity contribution in [1.29, 1.82) is 0 Å². The largest absolute Gasteiger partial charge is 0.369 e. The van der Waals surface area contributed by atoms with Crippen molar-refractivity contribution in [1.82, 2.24) is 4.90 Å². The second-order valence-corrected chi connectivity index (χ2v) is 6.24. The van der Waals surface area contributed by atoms with Gasteiger partial charge in [-0.2, -0.15) is 0 Å². The summed E-state index contributed by atoms with van der Waals surface area (Å²) in [5, 5.41) is 0. The molecule has 0 radical (unpaired) electrons. The molecule has 1 saturated heterocycles. The SMILES string of the molecule is CC(C)CCOC(C)C(=O)N1CCCC(C(C)N)C1. The molecule has 0 saturated carbocycles. The van der Waals surface area contributed by atoms with E-state index >= 15 is 0 Å². The quantitative estimate of drug-likeness (QED) is 0.803. The van der Waals surface area contributed by atoms with E-state index in [0.717, 1.165) is 32.4 Å². The first-order valence-electron chi connectivity index (χ1n) is 7.57. The summed E-state index contributed by atoms with van der Waals surface area (Å²) in [5.74, 6) is 1.16. The Morgan fingerprint density at radius 3 is 2.63 bits per heavy atom. The Labute approximate surface area is 117 Å². The van der Waals surface area contributed by atoms with Gasteiger partial charge in [0.25, 0.3) is 5.91 Å². The molecule has 19 heavy (non-hydrogen) atoms. The van der Waals surface area contributed by atoms with Crippen LogP contribution in [0.4, 0.5) is 0 Å². The van der Waals surface area contributed by atoms with Gasteiger partial charge in [-0.1, -0.05) is 13.8 Å². The zero-order valence-electron chi connectivity index (χ0n) is 12.9. The fourth-order valence-electron chi connectivity index (χ4n) is 2.45. The monoisotopic (exact) mass is 270 g/mol. The van der Waals surface area contributed by atoms with E-state index in [-0.39, 0.29) is 18.1 Å². The summed E-state index contributed by atoms with van der Waals surface area (Å²) in [5.41, 5.74) is 5.95. The van der Waals surface area contributed by atoms with E-state index in [0.29, 0.717) is 18.4 Å². The molecule has 0 aromatic rings. The predicted molar refractivity (Wildman–Crippen MR) is 77.8 cm³/mol. The molecule has 4 nitrogen and oxygen atoms in total. The van der Waals surface area contributed by atoms with Crippen LogP contribution in [0, 0.1) is 11.8 Å². The van der Waals surface area contributed by atoms with Gasteiger partial charge in [0.1, 0.15) is 6.10 Å². The molecule has 1 fully saturated rings. The number of nitrogens with two attached hydrogens (primary N) is 1. The highest BCUT2D eigenvalue weighted by Gasteiger charge is 2.28. The number of piperidine rings is 1. The van der Waals surface area contributed by atoms with Crippen LogP contribution in [0.3, 0.4) is 0 Å². The maximum absolute atomic E-state index is 12.3. The third-order valence-corrected chi connectivity index (χ3v) is 3.92. The van der Waals surface area contributed by atoms with Gasteiger partial charge in [-0.05, 0) is 44.9 Å². The van der Waals surface area contributed by atoms with Crippen LogP contribution in [0.15, 0.2) is 0 Å². The third kappa shape index (κ3) is 5.49. The fraction of sp³-hybridized carbons (Fsp3) is 0.933. The Hall–Kier alpha value is -0.610. The van der Waals surface area contributed by atoms with E-state index in [9.17, 15) is 4.79 Å². The van der Waals surface area contributed by atoms with Crippen molar-refractivity contribution in [2.75, 3.05) is 19.7 Å². The summed E-state index contributed by atoms with van der Waals surface area (Å²) in [7, 11) is 0. The van der Waals surface area contributed by atoms with Crippen LogP contribution in [-0.2, 0) is 9.53 Å². The van der Waals surface area contributed by atoms with Crippen molar-refractivity contribution >= 4 is 5.91 Å². The molecule has 1 rings (SSSR count). The molecule has 3 atom stereocenters. The summed E-state index contributed by atoms with van der Waals surface area (Å²) >= 11 is 0. The molecule has 4 heteroatoms. The lowest BCUT2D eigenvalue weighted by molar-refractivity contribution is -0.144. The van der Waals surface area contributed by atoms with Gasteiger partial charge in [0.2, 0.25) is 0 Å². The van der Waals surface area contributed by atoms with E-state index in [1.165, 1.54) is 0 Å². The molecule has 3 unspecified atom stereocenters. The minimum absolute atomic E-state index is 0.120. The van der Waals surface area contributed by atoms with Crippen LogP contribution in [0.1, 0.15) is 47.0 Å². The molecule has 2 N–H and O–H groups in total. The average Bonchev–Trinajstić information content (AvgIpc) is 2.37. The molecule has 112 valence electrons. The predicted octanol–water partition coefficient (Wildman–Crippen LogP) is 2.02. The first-order valence-corrected chi connectivity index (χ1v) is 7.57. The Morgan fingerprint density at radius 2 is 2.05 bits per heavy atom. The highest BCUT2D eigenvalue weighted by molar-refractivity contribution is 5.80. The van der Waals surface area contributed by atoms with Crippen molar-refractivity contribution in [3.8, 4) is 0 Å². The first kappa shape index (κ1) is 16.4. The number of amides is 1. The molecule has 1 aliphatic heterocycles. The lowest BCUT2D eigenvalue weighted by atomic mass is 9.92. The van der Waals surface area contributed by atoms with E-state index in [1.54, 1.807) is 0 Å². The molecule has 0 aliphatic carbocycles. The van der Waals surface area contributed by atoms with Crippen LogP contribution in [0.25, 0.3) is 0 Å². The Kier molecular flexibility index (Phi) is 6.80. The zero-order valence-corrected chi connectivity index (χ0v) is 12.9. The summed E-state index contributed by atoms with van der Waals surface area (Å²) in [6, 6.07) is 0.160. The van der Waals surface area contributed by atoms with Gasteiger partial charge in [-0.25, -0.2) is 0 Å². The number of hydrogen-bond acceptors (Lipinski definition) is 3. The van der Waals surface area contributed by atoms with E-state index in [2.05, 4.69) is 13.8 Å². The smallest absolute Gasteiger partial charge is 0.251 e. The van der Waals surface area contributed by atoms with Gasteiger partial charge in [-0.15, -0.1) is 0 Å². The highest BCUT2D eigenvalue weighted by Crippen LogP contribution is 2.19. The second-order valence-electron chi connectivity index (χ2n) is 6.24. The molecule has 1 amide bonds. The van der Waals surface area contributed by atoms with E-state index < -0.39 is 0 Å². The number of carbonyl (C=O) groups is 1. The Balaban J connectivity index is 2.38. The van der Waals surface area contributed by atoms with Crippen LogP contribution < -0.4 is 5.73 Å². The Bertz CT molecular complexity index is 279. The molecule has 0 aromatic carbocycles. The summed E-state index contributed by atoms with van der Waals surface area (Å²) < 4.78 is 5.64. The topological polar surface area (TPSA) is 55.6 Å². The molecule has 0 bridgehead atoms. The normalized spacial score (nSPS) is 23.5. The second kappa shape index (κ2) is 7.85. The standard InChI is InChI=1S/C15H30N2O2/c1-11(2)7-9-19-13(4)15(18)17-8-5-6-14(10-17)12(3)16/h11-14H,5-10,16H2,1-4H3. The van der Waals surface area contributed by atoms with Gasteiger partial charge in [0.15, 0.2) is 0 Å². The maximum atomic E-state index is 12.3. The number of ether oxygens (including phenoxy) is 1. The fourth-order valence-corrected chi connectivity index (χ4v) is 2.45. The van der Waals surface area contributed by atoms with Gasteiger partial charge in [0, 0.05) is 25.7 Å². The lowest BCUT2D eigenvalue weighted by Gasteiger charge is -2.35. The molecule has 1 aliphatic rings. The molecular formula is C15H30N2O2. The van der Waals surface area contributed by atoms with Gasteiger partial charge >= 0.3 is 0 Å². The summed E-state index contributed by atoms with van der Waals surface area (Å²) in [6.07, 6.45) is 2.85.